The van der Waals surface area contributed by atoms with Gasteiger partial charge in [0.05, 0.1) is 11.1 Å². The molecular weight excluding hydrogens is 420 g/mol. The number of fused-ring (bicyclic) bond motifs is 1. The van der Waals surface area contributed by atoms with Crippen molar-refractivity contribution in [3.8, 4) is 0 Å². The zero-order valence-electron chi connectivity index (χ0n) is 17.1. The first-order valence-corrected chi connectivity index (χ1v) is 10.4. The van der Waals surface area contributed by atoms with Crippen LogP contribution in [0.15, 0.2) is 60.7 Å². The maximum absolute atomic E-state index is 12.6. The number of esters is 2. The molecule has 5 atom stereocenters. The first kappa shape index (κ1) is 21.8. The summed E-state index contributed by atoms with van der Waals surface area (Å²) in [5.74, 6) is -1.25. The third-order valence-corrected chi connectivity index (χ3v) is 6.88. The Balaban J connectivity index is 1.52. The lowest BCUT2D eigenvalue weighted by Crippen LogP contribution is -2.58. The molecule has 2 aromatic rings. The molecule has 2 aliphatic rings. The maximum Gasteiger partial charge on any atom is 0.338 e. The van der Waals surface area contributed by atoms with Gasteiger partial charge in [0.1, 0.15) is 29.3 Å². The first-order chi connectivity index (χ1) is 14.6. The van der Waals surface area contributed by atoms with E-state index in [0.717, 1.165) is 0 Å². The zero-order chi connectivity index (χ0) is 22.4. The van der Waals surface area contributed by atoms with E-state index >= 15 is 0 Å². The van der Waals surface area contributed by atoms with Gasteiger partial charge in [-0.15, -0.1) is 12.6 Å². The normalized spacial score (nSPS) is 33.1. The molecule has 2 aromatic carbocycles. The summed E-state index contributed by atoms with van der Waals surface area (Å²) >= 11 is 4.36. The number of aliphatic hydroxyl groups is 2. The number of rotatable bonds is 5. The number of hydrogen-bond donors (Lipinski definition) is 3. The molecule has 0 bridgehead atoms. The van der Waals surface area contributed by atoms with Gasteiger partial charge in [0, 0.05) is 5.41 Å². The average molecular weight is 445 g/mol. The van der Waals surface area contributed by atoms with E-state index in [1.807, 2.05) is 0 Å². The highest BCUT2D eigenvalue weighted by Gasteiger charge is 2.91. The Morgan fingerprint density at radius 3 is 2.00 bits per heavy atom. The molecule has 0 unspecified atom stereocenters. The molecule has 1 aliphatic heterocycles. The van der Waals surface area contributed by atoms with Crippen LogP contribution >= 0.6 is 12.6 Å². The van der Waals surface area contributed by atoms with E-state index < -0.39 is 46.2 Å². The van der Waals surface area contributed by atoms with Gasteiger partial charge in [-0.05, 0) is 24.3 Å². The van der Waals surface area contributed by atoms with Crippen molar-refractivity contribution in [2.24, 2.45) is 5.41 Å². The van der Waals surface area contributed by atoms with Crippen molar-refractivity contribution in [2.45, 2.75) is 42.7 Å². The van der Waals surface area contributed by atoms with Crippen LogP contribution in [-0.2, 0) is 14.2 Å². The molecule has 8 heteroatoms. The van der Waals surface area contributed by atoms with Crippen molar-refractivity contribution in [1.82, 2.24) is 0 Å². The Morgan fingerprint density at radius 2 is 1.45 bits per heavy atom. The number of carbonyl (C=O) groups is 2. The Hall–Kier alpha value is -2.39. The molecule has 7 nitrogen and oxygen atoms in total. The molecule has 1 aliphatic carbocycles. The molecular formula is C23H24O7S. The van der Waals surface area contributed by atoms with Crippen LogP contribution in [0.25, 0.3) is 0 Å². The quantitative estimate of drug-likeness (QED) is 0.480. The second-order valence-electron chi connectivity index (χ2n) is 8.33. The fraction of sp³-hybridized carbons (Fsp3) is 0.391. The van der Waals surface area contributed by atoms with Crippen LogP contribution in [0, 0.1) is 5.41 Å². The van der Waals surface area contributed by atoms with E-state index in [-0.39, 0.29) is 6.61 Å². The van der Waals surface area contributed by atoms with Gasteiger partial charge in [-0.2, -0.15) is 0 Å². The summed E-state index contributed by atoms with van der Waals surface area (Å²) in [7, 11) is 0. The average Bonchev–Trinajstić information content (AvgIpc) is 3.15. The van der Waals surface area contributed by atoms with Gasteiger partial charge in [-0.3, -0.25) is 0 Å². The highest BCUT2D eigenvalue weighted by atomic mass is 32.1. The topological polar surface area (TPSA) is 102 Å². The predicted octanol–water partition coefficient (Wildman–Crippen LogP) is 2.23. The third kappa shape index (κ3) is 3.17. The second-order valence-corrected chi connectivity index (χ2v) is 8.84. The highest BCUT2D eigenvalue weighted by molar-refractivity contribution is 7.80. The Bertz CT molecular complexity index is 980. The number of hydrogen-bond acceptors (Lipinski definition) is 8. The van der Waals surface area contributed by atoms with Crippen molar-refractivity contribution in [3.63, 3.8) is 0 Å². The zero-order valence-corrected chi connectivity index (χ0v) is 18.0. The van der Waals surface area contributed by atoms with Crippen LogP contribution in [0.2, 0.25) is 0 Å². The van der Waals surface area contributed by atoms with E-state index in [0.29, 0.717) is 11.1 Å². The smallest absolute Gasteiger partial charge is 0.338 e. The van der Waals surface area contributed by atoms with E-state index in [9.17, 15) is 19.8 Å². The molecule has 0 aromatic heterocycles. The van der Waals surface area contributed by atoms with Gasteiger partial charge in [0.25, 0.3) is 0 Å². The number of benzene rings is 2. The molecule has 164 valence electrons. The molecule has 2 fully saturated rings. The number of thiol groups is 1. The summed E-state index contributed by atoms with van der Waals surface area (Å²) in [5.41, 5.74) is -5.14. The lowest BCUT2D eigenvalue weighted by Gasteiger charge is -2.39. The lowest BCUT2D eigenvalue weighted by molar-refractivity contribution is -0.205. The van der Waals surface area contributed by atoms with Crippen molar-refractivity contribution in [1.29, 1.82) is 0 Å². The minimum atomic E-state index is -1.83. The third-order valence-electron chi connectivity index (χ3n) is 6.48. The van der Waals surface area contributed by atoms with Gasteiger partial charge >= 0.3 is 11.9 Å². The predicted molar refractivity (Wildman–Crippen MR) is 114 cm³/mol. The van der Waals surface area contributed by atoms with E-state index in [2.05, 4.69) is 12.6 Å². The maximum atomic E-state index is 12.6. The molecule has 0 radical (unpaired) electrons. The SMILES string of the molecule is CC1(C)[C@]2(O)[C@@H](COC(=O)c3ccccc3)O[C@@H](S)[C@H](OC(=O)c3ccccc3)[C@]12O. The van der Waals surface area contributed by atoms with Crippen LogP contribution in [0.3, 0.4) is 0 Å². The van der Waals surface area contributed by atoms with E-state index in [1.165, 1.54) is 0 Å². The van der Waals surface area contributed by atoms with E-state index in [4.69, 9.17) is 14.2 Å². The first-order valence-electron chi connectivity index (χ1n) is 9.91. The fourth-order valence-corrected chi connectivity index (χ4v) is 4.95. The van der Waals surface area contributed by atoms with Crippen LogP contribution < -0.4 is 0 Å². The fourth-order valence-electron chi connectivity index (χ4n) is 4.53. The summed E-state index contributed by atoms with van der Waals surface area (Å²) < 4.78 is 16.6. The number of ether oxygens (including phenoxy) is 3. The standard InChI is InChI=1S/C23H24O7S/c1-21(2)22(26)16(13-28-18(24)14-9-5-3-6-10-14)29-20(31)17(23(21,22)27)30-19(25)15-11-7-4-8-12-15/h3-12,16-17,20,26-27,31H,13H2,1-2H3/t16-,17+,20+,22-,23+/m1/s1. The molecule has 1 saturated carbocycles. The van der Waals surface area contributed by atoms with Gasteiger partial charge in [0.15, 0.2) is 6.10 Å². The largest absolute Gasteiger partial charge is 0.459 e. The minimum absolute atomic E-state index is 0.299. The van der Waals surface area contributed by atoms with E-state index in [1.54, 1.807) is 74.5 Å². The van der Waals surface area contributed by atoms with Gasteiger partial charge in [-0.1, -0.05) is 50.2 Å². The Kier molecular flexibility index (Phi) is 5.37. The van der Waals surface area contributed by atoms with Crippen LogP contribution in [0.5, 0.6) is 0 Å². The van der Waals surface area contributed by atoms with Crippen molar-refractivity contribution in [2.75, 3.05) is 6.61 Å². The Morgan fingerprint density at radius 1 is 0.935 bits per heavy atom. The second kappa shape index (κ2) is 7.63. The monoisotopic (exact) mass is 444 g/mol. The molecule has 1 heterocycles. The Labute approximate surface area is 185 Å². The van der Waals surface area contributed by atoms with Crippen molar-refractivity contribution >= 4 is 24.6 Å². The van der Waals surface area contributed by atoms with Gasteiger partial charge in [0.2, 0.25) is 0 Å². The summed E-state index contributed by atoms with van der Waals surface area (Å²) in [5, 5.41) is 22.8. The van der Waals surface area contributed by atoms with Gasteiger partial charge in [-0.25, -0.2) is 9.59 Å². The summed E-state index contributed by atoms with van der Waals surface area (Å²) in [4.78, 5) is 24.9. The minimum Gasteiger partial charge on any atom is -0.459 e. The molecule has 2 N–H and O–H groups in total. The molecule has 0 amide bonds. The summed E-state index contributed by atoms with van der Waals surface area (Å²) in [6, 6.07) is 16.7. The van der Waals surface area contributed by atoms with Crippen LogP contribution in [0.4, 0.5) is 0 Å². The lowest BCUT2D eigenvalue weighted by atomic mass is 10.00. The molecule has 0 spiro atoms. The summed E-state index contributed by atoms with van der Waals surface area (Å²) in [6.45, 7) is 2.97. The van der Waals surface area contributed by atoms with Crippen molar-refractivity contribution in [3.05, 3.63) is 71.8 Å². The molecule has 1 saturated heterocycles. The van der Waals surface area contributed by atoms with Crippen molar-refractivity contribution < 1.29 is 34.0 Å². The van der Waals surface area contributed by atoms with Crippen LogP contribution in [-0.4, -0.2) is 57.6 Å². The molecule has 31 heavy (non-hydrogen) atoms. The number of carbonyl (C=O) groups excluding carboxylic acids is 2. The van der Waals surface area contributed by atoms with Crippen LogP contribution in [0.1, 0.15) is 34.6 Å². The molecule has 4 rings (SSSR count). The summed E-state index contributed by atoms with van der Waals surface area (Å²) in [6.07, 6.45) is -2.29. The van der Waals surface area contributed by atoms with Gasteiger partial charge < -0.3 is 24.4 Å². The highest BCUT2D eigenvalue weighted by Crippen LogP contribution is 2.71.